The van der Waals surface area contributed by atoms with Crippen molar-refractivity contribution in [2.75, 3.05) is 0 Å². The first-order chi connectivity index (χ1) is 10.2. The van der Waals surface area contributed by atoms with E-state index >= 15 is 0 Å². The molecule has 0 aliphatic heterocycles. The number of rotatable bonds is 3. The molecule has 0 spiro atoms. The first-order valence-corrected chi connectivity index (χ1v) is 6.68. The minimum absolute atomic E-state index is 0.273. The van der Waals surface area contributed by atoms with E-state index in [1.807, 2.05) is 30.3 Å². The van der Waals surface area contributed by atoms with Gasteiger partial charge in [0.05, 0.1) is 22.6 Å². The van der Waals surface area contributed by atoms with Gasteiger partial charge in [0.25, 0.3) is 0 Å². The van der Waals surface area contributed by atoms with Gasteiger partial charge in [-0.2, -0.15) is 0 Å². The van der Waals surface area contributed by atoms with Crippen molar-refractivity contribution in [3.63, 3.8) is 0 Å². The molecule has 102 valence electrons. The fraction of sp³-hybridized carbons (Fsp3) is 0. The summed E-state index contributed by atoms with van der Waals surface area (Å²) in [5.74, 6) is 0.408. The molecule has 0 amide bonds. The first kappa shape index (κ1) is 13.4. The molecule has 0 saturated carbocycles. The summed E-state index contributed by atoms with van der Waals surface area (Å²) in [6, 6.07) is 22.5. The number of hydrogen-bond donors (Lipinski definition) is 0. The van der Waals surface area contributed by atoms with Crippen LogP contribution in [0, 0.1) is 17.6 Å². The zero-order chi connectivity index (χ0) is 14.7. The Morgan fingerprint density at radius 3 is 1.29 bits per heavy atom. The fourth-order valence-electron chi connectivity index (χ4n) is 2.34. The normalized spacial score (nSPS) is 10.4. The zero-order valence-electron chi connectivity index (χ0n) is 11.3. The van der Waals surface area contributed by atoms with Gasteiger partial charge in [-0.15, -0.1) is 0 Å². The van der Waals surface area contributed by atoms with E-state index in [1.54, 1.807) is 24.3 Å². The second-order valence-electron chi connectivity index (χ2n) is 4.75. The van der Waals surface area contributed by atoms with Gasteiger partial charge in [-0.3, -0.25) is 0 Å². The van der Waals surface area contributed by atoms with Crippen LogP contribution >= 0.6 is 0 Å². The van der Waals surface area contributed by atoms with Crippen LogP contribution in [0.1, 0.15) is 16.7 Å². The number of halogens is 2. The van der Waals surface area contributed by atoms with Crippen LogP contribution in [-0.4, -0.2) is 0 Å². The molecule has 0 N–H and O–H groups in total. The predicted molar refractivity (Wildman–Crippen MR) is 79.8 cm³/mol. The van der Waals surface area contributed by atoms with Gasteiger partial charge in [0.1, 0.15) is 11.6 Å². The molecule has 0 aliphatic rings. The van der Waals surface area contributed by atoms with E-state index in [4.69, 9.17) is 0 Å². The first-order valence-electron chi connectivity index (χ1n) is 6.68. The largest absolute Gasteiger partial charge is 0.206 e. The van der Waals surface area contributed by atoms with E-state index in [9.17, 15) is 8.78 Å². The van der Waals surface area contributed by atoms with Gasteiger partial charge in [-0.25, -0.2) is 8.78 Å². The Balaban J connectivity index is 2.11. The highest BCUT2D eigenvalue weighted by molar-refractivity contribution is 5.56. The monoisotopic (exact) mass is 279 g/mol. The van der Waals surface area contributed by atoms with Crippen LogP contribution in [0.2, 0.25) is 0 Å². The van der Waals surface area contributed by atoms with Crippen molar-refractivity contribution in [2.45, 2.75) is 0 Å². The highest BCUT2D eigenvalue weighted by Gasteiger charge is 2.22. The van der Waals surface area contributed by atoms with Crippen molar-refractivity contribution in [1.82, 2.24) is 0 Å². The minimum atomic E-state index is -0.273. The third-order valence-corrected chi connectivity index (χ3v) is 3.33. The molecule has 3 aromatic rings. The summed E-state index contributed by atoms with van der Waals surface area (Å²) in [5.41, 5.74) is 2.80. The molecule has 0 aliphatic carbocycles. The Bertz CT molecular complexity index is 655. The molecule has 3 aromatic carbocycles. The summed E-state index contributed by atoms with van der Waals surface area (Å²) in [6.07, 6.45) is 0. The lowest BCUT2D eigenvalue weighted by Gasteiger charge is -2.13. The summed E-state index contributed by atoms with van der Waals surface area (Å²) >= 11 is 0. The van der Waals surface area contributed by atoms with E-state index in [1.165, 1.54) is 24.3 Å². The molecular weight excluding hydrogens is 266 g/mol. The summed E-state index contributed by atoms with van der Waals surface area (Å²) in [7, 11) is 0. The maximum Gasteiger partial charge on any atom is 0.134 e. The van der Waals surface area contributed by atoms with Crippen LogP contribution in [-0.2, 0) is 0 Å². The van der Waals surface area contributed by atoms with E-state index in [-0.39, 0.29) is 11.6 Å². The molecule has 0 nitrogen and oxygen atoms in total. The van der Waals surface area contributed by atoms with Gasteiger partial charge in [0, 0.05) is 0 Å². The van der Waals surface area contributed by atoms with Crippen molar-refractivity contribution < 1.29 is 8.78 Å². The van der Waals surface area contributed by atoms with E-state index < -0.39 is 0 Å². The van der Waals surface area contributed by atoms with Gasteiger partial charge in [-0.05, 0) is 72.8 Å². The van der Waals surface area contributed by atoms with Crippen molar-refractivity contribution >= 4 is 0 Å². The Morgan fingerprint density at radius 1 is 0.476 bits per heavy atom. The number of hydrogen-bond acceptors (Lipinski definition) is 0. The van der Waals surface area contributed by atoms with Gasteiger partial charge in [0.2, 0.25) is 0 Å². The van der Waals surface area contributed by atoms with Crippen LogP contribution in [0.15, 0.2) is 78.9 Å². The van der Waals surface area contributed by atoms with Crippen LogP contribution in [0.3, 0.4) is 0 Å². The van der Waals surface area contributed by atoms with Crippen LogP contribution in [0.5, 0.6) is 0 Å². The molecule has 0 radical (unpaired) electrons. The molecule has 0 unspecified atom stereocenters. The standard InChI is InChI=1S/C19H13F2/c20-17-10-6-15(7-11-17)19(14-4-2-1-3-5-14)16-8-12-18(21)13-9-16/h1-13H/q+1. The van der Waals surface area contributed by atoms with Crippen LogP contribution < -0.4 is 0 Å². The molecule has 2 heteroatoms. The van der Waals surface area contributed by atoms with Crippen molar-refractivity contribution in [3.05, 3.63) is 113 Å². The smallest absolute Gasteiger partial charge is 0.134 e. The topological polar surface area (TPSA) is 0 Å². The lowest BCUT2D eigenvalue weighted by Crippen LogP contribution is -2.04. The summed E-state index contributed by atoms with van der Waals surface area (Å²) in [4.78, 5) is 0. The summed E-state index contributed by atoms with van der Waals surface area (Å²) in [5, 5.41) is 0. The molecular formula is C19H13F2+. The zero-order valence-corrected chi connectivity index (χ0v) is 11.3. The summed E-state index contributed by atoms with van der Waals surface area (Å²) in [6.45, 7) is 0. The molecule has 0 aromatic heterocycles. The third kappa shape index (κ3) is 2.95. The molecule has 0 fully saturated rings. The maximum atomic E-state index is 13.1. The van der Waals surface area contributed by atoms with Crippen molar-refractivity contribution in [1.29, 1.82) is 0 Å². The fourth-order valence-corrected chi connectivity index (χ4v) is 2.34. The van der Waals surface area contributed by atoms with Crippen molar-refractivity contribution in [2.24, 2.45) is 0 Å². The number of benzene rings is 3. The Kier molecular flexibility index (Phi) is 3.69. The summed E-state index contributed by atoms with van der Waals surface area (Å²) < 4.78 is 26.3. The van der Waals surface area contributed by atoms with Crippen LogP contribution in [0.4, 0.5) is 8.78 Å². The van der Waals surface area contributed by atoms with Gasteiger partial charge in [-0.1, -0.05) is 6.07 Å². The highest BCUT2D eigenvalue weighted by atomic mass is 19.1. The third-order valence-electron chi connectivity index (χ3n) is 3.33. The molecule has 0 saturated heterocycles. The molecule has 0 heterocycles. The maximum absolute atomic E-state index is 13.1. The second kappa shape index (κ2) is 5.80. The van der Waals surface area contributed by atoms with Crippen molar-refractivity contribution in [3.8, 4) is 0 Å². The molecule has 3 rings (SSSR count). The van der Waals surface area contributed by atoms with Crippen LogP contribution in [0.25, 0.3) is 0 Å². The van der Waals surface area contributed by atoms with E-state index in [0.717, 1.165) is 22.6 Å². The SMILES string of the molecule is Fc1ccc([C+](c2ccccc2)c2ccc(F)cc2)cc1. The van der Waals surface area contributed by atoms with Gasteiger partial charge in [0.15, 0.2) is 0 Å². The lowest BCUT2D eigenvalue weighted by molar-refractivity contribution is 0.627. The van der Waals surface area contributed by atoms with Gasteiger partial charge >= 0.3 is 0 Å². The lowest BCUT2D eigenvalue weighted by atomic mass is 9.85. The average Bonchev–Trinajstić information content (AvgIpc) is 2.52. The molecule has 21 heavy (non-hydrogen) atoms. The molecule has 0 bridgehead atoms. The Labute approximate surface area is 122 Å². The molecule has 0 atom stereocenters. The van der Waals surface area contributed by atoms with Gasteiger partial charge < -0.3 is 0 Å². The van der Waals surface area contributed by atoms with E-state index in [2.05, 4.69) is 0 Å². The Hall–Kier alpha value is -2.61. The minimum Gasteiger partial charge on any atom is -0.206 e. The quantitative estimate of drug-likeness (QED) is 0.468. The van der Waals surface area contributed by atoms with E-state index in [0.29, 0.717) is 0 Å². The predicted octanol–water partition coefficient (Wildman–Crippen LogP) is 4.98. The Morgan fingerprint density at radius 2 is 0.857 bits per heavy atom. The highest BCUT2D eigenvalue weighted by Crippen LogP contribution is 2.30. The average molecular weight is 279 g/mol. The second-order valence-corrected chi connectivity index (χ2v) is 4.75.